The molecule has 21 heavy (non-hydrogen) atoms. The van der Waals surface area contributed by atoms with Crippen molar-refractivity contribution in [3.8, 4) is 11.5 Å². The summed E-state index contributed by atoms with van der Waals surface area (Å²) in [5.41, 5.74) is 3.37. The van der Waals surface area contributed by atoms with Crippen molar-refractivity contribution in [1.29, 1.82) is 0 Å². The van der Waals surface area contributed by atoms with E-state index in [-0.39, 0.29) is 0 Å². The van der Waals surface area contributed by atoms with Gasteiger partial charge < -0.3 is 10.1 Å². The number of benzene rings is 2. The van der Waals surface area contributed by atoms with E-state index in [9.17, 15) is 0 Å². The fraction of sp³-hybridized carbons (Fsp3) is 0.333. The topological polar surface area (TPSA) is 21.3 Å². The molecule has 0 heterocycles. The van der Waals surface area contributed by atoms with Crippen molar-refractivity contribution < 1.29 is 4.74 Å². The number of nitrogens with one attached hydrogen (secondary N) is 1. The molecule has 0 aliphatic heterocycles. The Labute approximate surface area is 132 Å². The third-order valence-electron chi connectivity index (χ3n) is 3.35. The summed E-state index contributed by atoms with van der Waals surface area (Å²) in [6, 6.07) is 12.0. The zero-order valence-corrected chi connectivity index (χ0v) is 13.6. The van der Waals surface area contributed by atoms with Gasteiger partial charge in [0.2, 0.25) is 0 Å². The smallest absolute Gasteiger partial charge is 0.133 e. The predicted octanol–water partition coefficient (Wildman–Crippen LogP) is 5.25. The van der Waals surface area contributed by atoms with Crippen LogP contribution in [0.15, 0.2) is 36.4 Å². The predicted molar refractivity (Wildman–Crippen MR) is 89.4 cm³/mol. The largest absolute Gasteiger partial charge is 0.457 e. The Morgan fingerprint density at radius 1 is 1.10 bits per heavy atom. The highest BCUT2D eigenvalue weighted by atomic mass is 35.5. The summed E-state index contributed by atoms with van der Waals surface area (Å²) >= 11 is 6.32. The first-order valence-corrected chi connectivity index (χ1v) is 7.73. The fourth-order valence-electron chi connectivity index (χ4n) is 2.23. The number of halogens is 1. The number of aryl methyl sites for hydroxylation is 2. The van der Waals surface area contributed by atoms with Gasteiger partial charge in [-0.05, 0) is 50.6 Å². The van der Waals surface area contributed by atoms with Crippen LogP contribution in [0.3, 0.4) is 0 Å². The van der Waals surface area contributed by atoms with Gasteiger partial charge in [0.05, 0.1) is 0 Å². The fourth-order valence-corrected chi connectivity index (χ4v) is 2.46. The van der Waals surface area contributed by atoms with E-state index >= 15 is 0 Å². The summed E-state index contributed by atoms with van der Waals surface area (Å²) in [5, 5.41) is 4.11. The SMILES string of the molecule is CCCNCc1c(Cl)cccc1Oc1ccc(C)cc1C. The van der Waals surface area contributed by atoms with Crippen LogP contribution >= 0.6 is 11.6 Å². The van der Waals surface area contributed by atoms with Gasteiger partial charge in [-0.25, -0.2) is 0 Å². The van der Waals surface area contributed by atoms with Gasteiger partial charge in [-0.1, -0.05) is 42.3 Å². The minimum Gasteiger partial charge on any atom is -0.457 e. The van der Waals surface area contributed by atoms with Crippen LogP contribution in [0.4, 0.5) is 0 Å². The van der Waals surface area contributed by atoms with Gasteiger partial charge in [0.25, 0.3) is 0 Å². The average Bonchev–Trinajstić information content (AvgIpc) is 2.45. The van der Waals surface area contributed by atoms with Gasteiger partial charge in [0.15, 0.2) is 0 Å². The van der Waals surface area contributed by atoms with Crippen LogP contribution in [0.1, 0.15) is 30.0 Å². The Bertz CT molecular complexity index is 610. The Morgan fingerprint density at radius 2 is 1.90 bits per heavy atom. The first kappa shape index (κ1) is 15.9. The van der Waals surface area contributed by atoms with Crippen molar-refractivity contribution in [2.75, 3.05) is 6.54 Å². The van der Waals surface area contributed by atoms with E-state index in [4.69, 9.17) is 16.3 Å². The Morgan fingerprint density at radius 3 is 2.62 bits per heavy atom. The third kappa shape index (κ3) is 4.23. The second kappa shape index (κ2) is 7.48. The Kier molecular flexibility index (Phi) is 5.66. The lowest BCUT2D eigenvalue weighted by Gasteiger charge is -2.15. The molecule has 2 nitrogen and oxygen atoms in total. The van der Waals surface area contributed by atoms with Crippen LogP contribution in [0, 0.1) is 13.8 Å². The lowest BCUT2D eigenvalue weighted by molar-refractivity contribution is 0.469. The van der Waals surface area contributed by atoms with Gasteiger partial charge in [-0.2, -0.15) is 0 Å². The van der Waals surface area contributed by atoms with Crippen LogP contribution in [-0.2, 0) is 6.54 Å². The molecule has 0 unspecified atom stereocenters. The number of rotatable bonds is 6. The standard InChI is InChI=1S/C18H22ClNO/c1-4-10-20-12-15-16(19)6-5-7-18(15)21-17-9-8-13(2)11-14(17)3/h5-9,11,20H,4,10,12H2,1-3H3. The molecular weight excluding hydrogens is 282 g/mol. The molecular formula is C18H22ClNO. The third-order valence-corrected chi connectivity index (χ3v) is 3.71. The average molecular weight is 304 g/mol. The van der Waals surface area contributed by atoms with E-state index < -0.39 is 0 Å². The van der Waals surface area contributed by atoms with E-state index in [0.717, 1.165) is 40.6 Å². The maximum atomic E-state index is 6.32. The van der Waals surface area contributed by atoms with Crippen molar-refractivity contribution in [3.05, 3.63) is 58.1 Å². The highest BCUT2D eigenvalue weighted by Gasteiger charge is 2.10. The zero-order chi connectivity index (χ0) is 15.2. The van der Waals surface area contributed by atoms with Crippen molar-refractivity contribution in [3.63, 3.8) is 0 Å². The van der Waals surface area contributed by atoms with E-state index in [1.807, 2.05) is 24.3 Å². The molecule has 2 rings (SSSR count). The Balaban J connectivity index is 2.24. The van der Waals surface area contributed by atoms with Crippen molar-refractivity contribution in [2.24, 2.45) is 0 Å². The maximum absolute atomic E-state index is 6.32. The van der Waals surface area contributed by atoms with Gasteiger partial charge in [0, 0.05) is 17.1 Å². The molecule has 1 N–H and O–H groups in total. The summed E-state index contributed by atoms with van der Waals surface area (Å²) in [4.78, 5) is 0. The molecule has 0 saturated carbocycles. The van der Waals surface area contributed by atoms with Crippen LogP contribution in [0.5, 0.6) is 11.5 Å². The van der Waals surface area contributed by atoms with Crippen molar-refractivity contribution in [2.45, 2.75) is 33.7 Å². The van der Waals surface area contributed by atoms with E-state index in [0.29, 0.717) is 6.54 Å². The van der Waals surface area contributed by atoms with Gasteiger partial charge >= 0.3 is 0 Å². The summed E-state index contributed by atoms with van der Waals surface area (Å²) in [5.74, 6) is 1.69. The molecule has 112 valence electrons. The molecule has 0 amide bonds. The quantitative estimate of drug-likeness (QED) is 0.736. The molecule has 2 aromatic rings. The van der Waals surface area contributed by atoms with Crippen LogP contribution in [0.2, 0.25) is 5.02 Å². The molecule has 0 radical (unpaired) electrons. The minimum absolute atomic E-state index is 0.716. The van der Waals surface area contributed by atoms with Gasteiger partial charge in [0.1, 0.15) is 11.5 Å². The molecule has 0 aliphatic carbocycles. The van der Waals surface area contributed by atoms with Gasteiger partial charge in [-0.15, -0.1) is 0 Å². The van der Waals surface area contributed by atoms with Gasteiger partial charge in [-0.3, -0.25) is 0 Å². The lowest BCUT2D eigenvalue weighted by Crippen LogP contribution is -2.14. The number of hydrogen-bond acceptors (Lipinski definition) is 2. The summed E-state index contributed by atoms with van der Waals surface area (Å²) in [7, 11) is 0. The molecule has 0 aromatic heterocycles. The molecule has 0 fully saturated rings. The second-order valence-corrected chi connectivity index (χ2v) is 5.67. The summed E-state index contributed by atoms with van der Waals surface area (Å²) in [6.07, 6.45) is 1.09. The molecule has 0 spiro atoms. The molecule has 0 aliphatic rings. The molecule has 3 heteroatoms. The van der Waals surface area contributed by atoms with E-state index in [2.05, 4.69) is 38.2 Å². The maximum Gasteiger partial charge on any atom is 0.133 e. The molecule has 2 aromatic carbocycles. The van der Waals surface area contributed by atoms with Crippen LogP contribution in [-0.4, -0.2) is 6.54 Å². The normalized spacial score (nSPS) is 10.7. The lowest BCUT2D eigenvalue weighted by atomic mass is 10.1. The summed E-state index contributed by atoms with van der Waals surface area (Å²) in [6.45, 7) is 7.97. The highest BCUT2D eigenvalue weighted by Crippen LogP contribution is 2.32. The van der Waals surface area contributed by atoms with Crippen molar-refractivity contribution in [1.82, 2.24) is 5.32 Å². The van der Waals surface area contributed by atoms with Crippen LogP contribution < -0.4 is 10.1 Å². The zero-order valence-electron chi connectivity index (χ0n) is 12.9. The van der Waals surface area contributed by atoms with E-state index in [1.54, 1.807) is 0 Å². The van der Waals surface area contributed by atoms with Crippen molar-refractivity contribution >= 4 is 11.6 Å². The highest BCUT2D eigenvalue weighted by molar-refractivity contribution is 6.31. The molecule has 0 bridgehead atoms. The monoisotopic (exact) mass is 303 g/mol. The first-order chi connectivity index (χ1) is 10.1. The molecule has 0 atom stereocenters. The minimum atomic E-state index is 0.716. The Hall–Kier alpha value is -1.51. The summed E-state index contributed by atoms with van der Waals surface area (Å²) < 4.78 is 6.08. The molecule has 0 saturated heterocycles. The first-order valence-electron chi connectivity index (χ1n) is 7.35. The van der Waals surface area contributed by atoms with Crippen LogP contribution in [0.25, 0.3) is 0 Å². The number of ether oxygens (including phenoxy) is 1. The van der Waals surface area contributed by atoms with E-state index in [1.165, 1.54) is 5.56 Å². The number of hydrogen-bond donors (Lipinski definition) is 1. The second-order valence-electron chi connectivity index (χ2n) is 5.26.